The zero-order valence-corrected chi connectivity index (χ0v) is 13.5. The molecule has 1 aliphatic heterocycles. The maximum Gasteiger partial charge on any atom is 0.419 e. The number of fused-ring (bicyclic) bond motifs is 1. The molecule has 6 nitrogen and oxygen atoms in total. The van der Waals surface area contributed by atoms with Gasteiger partial charge in [0.2, 0.25) is 5.91 Å². The summed E-state index contributed by atoms with van der Waals surface area (Å²) < 4.78 is 6.76. The fourth-order valence-corrected chi connectivity index (χ4v) is 3.23. The predicted molar refractivity (Wildman–Crippen MR) is 88.4 cm³/mol. The summed E-state index contributed by atoms with van der Waals surface area (Å²) in [5, 5.41) is 3.30. The van der Waals surface area contributed by atoms with Crippen LogP contribution in [0.2, 0.25) is 0 Å². The van der Waals surface area contributed by atoms with Crippen LogP contribution >= 0.6 is 0 Å². The minimum absolute atomic E-state index is 0.109. The number of rotatable bonds is 6. The van der Waals surface area contributed by atoms with Crippen LogP contribution in [0.4, 0.5) is 0 Å². The lowest BCUT2D eigenvalue weighted by Crippen LogP contribution is -2.42. The number of hydrogen-bond acceptors (Lipinski definition) is 4. The van der Waals surface area contributed by atoms with E-state index in [9.17, 15) is 9.59 Å². The number of nitrogens with one attached hydrogen (secondary N) is 1. The molecule has 1 aliphatic rings. The highest BCUT2D eigenvalue weighted by atomic mass is 16.4. The maximum absolute atomic E-state index is 12.6. The number of oxazole rings is 1. The highest BCUT2D eigenvalue weighted by Crippen LogP contribution is 2.14. The molecule has 2 heterocycles. The molecule has 0 spiro atoms. The first-order chi connectivity index (χ1) is 11.2. The van der Waals surface area contributed by atoms with Gasteiger partial charge in [0.05, 0.1) is 5.52 Å². The number of carbonyl (C=O) groups excluding carboxylic acids is 1. The molecule has 0 bridgehead atoms. The zero-order valence-electron chi connectivity index (χ0n) is 13.5. The molecule has 1 amide bonds. The molecule has 2 aromatic rings. The van der Waals surface area contributed by atoms with E-state index in [0.717, 1.165) is 38.0 Å². The second-order valence-corrected chi connectivity index (χ2v) is 5.97. The molecule has 1 atom stereocenters. The summed E-state index contributed by atoms with van der Waals surface area (Å²) in [6, 6.07) is 7.58. The van der Waals surface area contributed by atoms with E-state index in [0.29, 0.717) is 18.5 Å². The van der Waals surface area contributed by atoms with Crippen LogP contribution < -0.4 is 11.1 Å². The van der Waals surface area contributed by atoms with Crippen molar-refractivity contribution >= 4 is 17.0 Å². The molecule has 1 unspecified atom stereocenters. The summed E-state index contributed by atoms with van der Waals surface area (Å²) in [4.78, 5) is 26.5. The summed E-state index contributed by atoms with van der Waals surface area (Å²) in [7, 11) is 0. The van der Waals surface area contributed by atoms with Gasteiger partial charge in [0.25, 0.3) is 0 Å². The number of amides is 1. The van der Waals surface area contributed by atoms with Crippen molar-refractivity contribution in [3.63, 3.8) is 0 Å². The smallest absolute Gasteiger partial charge is 0.408 e. The van der Waals surface area contributed by atoms with Gasteiger partial charge in [-0.2, -0.15) is 0 Å². The van der Waals surface area contributed by atoms with Crippen LogP contribution in [-0.4, -0.2) is 41.1 Å². The van der Waals surface area contributed by atoms with Crippen LogP contribution in [0, 0.1) is 0 Å². The molecule has 1 saturated heterocycles. The minimum Gasteiger partial charge on any atom is -0.408 e. The number of carbonyl (C=O) groups is 1. The highest BCUT2D eigenvalue weighted by molar-refractivity contribution is 5.77. The van der Waals surface area contributed by atoms with Crippen molar-refractivity contribution in [2.75, 3.05) is 19.6 Å². The second-order valence-electron chi connectivity index (χ2n) is 5.97. The van der Waals surface area contributed by atoms with E-state index in [2.05, 4.69) is 12.2 Å². The number of aromatic nitrogens is 1. The molecule has 3 rings (SSSR count). The Kier molecular flexibility index (Phi) is 4.81. The van der Waals surface area contributed by atoms with Crippen molar-refractivity contribution in [2.45, 2.75) is 38.8 Å². The van der Waals surface area contributed by atoms with Crippen LogP contribution in [0.15, 0.2) is 33.5 Å². The molecule has 1 N–H and O–H groups in total. The van der Waals surface area contributed by atoms with Crippen LogP contribution in [0.1, 0.15) is 26.2 Å². The molecule has 1 aromatic heterocycles. The monoisotopic (exact) mass is 317 g/mol. The molecule has 6 heteroatoms. The Morgan fingerprint density at radius 3 is 3.00 bits per heavy atom. The lowest BCUT2D eigenvalue weighted by molar-refractivity contribution is -0.133. The second kappa shape index (κ2) is 7.00. The van der Waals surface area contributed by atoms with Crippen LogP contribution in [-0.2, 0) is 11.3 Å². The highest BCUT2D eigenvalue weighted by Gasteiger charge is 2.25. The topological polar surface area (TPSA) is 67.5 Å². The van der Waals surface area contributed by atoms with E-state index < -0.39 is 5.76 Å². The van der Waals surface area contributed by atoms with Crippen molar-refractivity contribution in [1.82, 2.24) is 14.8 Å². The Morgan fingerprint density at radius 1 is 1.43 bits per heavy atom. The molecule has 0 saturated carbocycles. The Morgan fingerprint density at radius 2 is 2.26 bits per heavy atom. The third-order valence-electron chi connectivity index (χ3n) is 4.38. The van der Waals surface area contributed by atoms with Crippen molar-refractivity contribution in [3.05, 3.63) is 34.8 Å². The average Bonchev–Trinajstić information content (AvgIpc) is 3.17. The Hall–Kier alpha value is -2.08. The lowest BCUT2D eigenvalue weighted by atomic mass is 10.2. The largest absolute Gasteiger partial charge is 0.419 e. The third kappa shape index (κ3) is 3.32. The molecule has 1 aromatic carbocycles. The first kappa shape index (κ1) is 15.8. The van der Waals surface area contributed by atoms with E-state index >= 15 is 0 Å². The maximum atomic E-state index is 12.6. The quantitative estimate of drug-likeness (QED) is 0.878. The van der Waals surface area contributed by atoms with Crippen molar-refractivity contribution in [1.29, 1.82) is 0 Å². The van der Waals surface area contributed by atoms with E-state index in [1.165, 1.54) is 0 Å². The van der Waals surface area contributed by atoms with Gasteiger partial charge in [-0.25, -0.2) is 4.79 Å². The Labute approximate surface area is 135 Å². The Bertz CT molecular complexity index is 728. The standard InChI is InChI=1S/C17H23N3O3/c1-2-10-19(13-7-9-18-12-13)16(21)8-11-20-14-5-3-4-6-15(14)23-17(20)22/h3-6,13,18H,2,7-12H2,1H3. The molecule has 124 valence electrons. The van der Waals surface area contributed by atoms with E-state index in [1.807, 2.05) is 23.1 Å². The number of nitrogens with zero attached hydrogens (tertiary/aromatic N) is 2. The minimum atomic E-state index is -0.399. The predicted octanol–water partition coefficient (Wildman–Crippen LogP) is 1.59. The first-order valence-corrected chi connectivity index (χ1v) is 8.29. The molecule has 1 fully saturated rings. The van der Waals surface area contributed by atoms with Crippen molar-refractivity contribution in [2.24, 2.45) is 0 Å². The van der Waals surface area contributed by atoms with Gasteiger partial charge in [0.1, 0.15) is 0 Å². The number of aryl methyl sites for hydroxylation is 1. The van der Waals surface area contributed by atoms with Crippen molar-refractivity contribution < 1.29 is 9.21 Å². The number of para-hydroxylation sites is 2. The normalized spacial score (nSPS) is 17.7. The van der Waals surface area contributed by atoms with Crippen LogP contribution in [0.25, 0.3) is 11.1 Å². The zero-order chi connectivity index (χ0) is 16.2. The van der Waals surface area contributed by atoms with Gasteiger partial charge in [0, 0.05) is 32.1 Å². The van der Waals surface area contributed by atoms with Gasteiger partial charge < -0.3 is 14.6 Å². The molecular weight excluding hydrogens is 294 g/mol. The molecule has 0 aliphatic carbocycles. The van der Waals surface area contributed by atoms with Gasteiger partial charge >= 0.3 is 5.76 Å². The third-order valence-corrected chi connectivity index (χ3v) is 4.38. The summed E-state index contributed by atoms with van der Waals surface area (Å²) in [5.74, 6) is -0.290. The average molecular weight is 317 g/mol. The fraction of sp³-hybridized carbons (Fsp3) is 0.529. The van der Waals surface area contributed by atoms with Gasteiger partial charge in [-0.05, 0) is 31.5 Å². The summed E-state index contributed by atoms with van der Waals surface area (Å²) in [5.41, 5.74) is 1.31. The number of hydrogen-bond donors (Lipinski definition) is 1. The van der Waals surface area contributed by atoms with E-state index in [4.69, 9.17) is 4.42 Å². The Balaban J connectivity index is 1.71. The molecule has 23 heavy (non-hydrogen) atoms. The van der Waals surface area contributed by atoms with Crippen LogP contribution in [0.3, 0.4) is 0 Å². The molecular formula is C17H23N3O3. The number of benzene rings is 1. The SMILES string of the molecule is CCCN(C(=O)CCn1c(=O)oc2ccccc21)C1CCNC1. The first-order valence-electron chi connectivity index (χ1n) is 8.29. The van der Waals surface area contributed by atoms with Gasteiger partial charge in [-0.3, -0.25) is 9.36 Å². The summed E-state index contributed by atoms with van der Waals surface area (Å²) >= 11 is 0. The lowest BCUT2D eigenvalue weighted by Gasteiger charge is -2.28. The summed E-state index contributed by atoms with van der Waals surface area (Å²) in [6.07, 6.45) is 2.26. The molecule has 0 radical (unpaired) electrons. The van der Waals surface area contributed by atoms with Gasteiger partial charge in [-0.15, -0.1) is 0 Å². The fourth-order valence-electron chi connectivity index (χ4n) is 3.23. The van der Waals surface area contributed by atoms with Crippen LogP contribution in [0.5, 0.6) is 0 Å². The van der Waals surface area contributed by atoms with E-state index in [-0.39, 0.29) is 11.9 Å². The van der Waals surface area contributed by atoms with E-state index in [1.54, 1.807) is 10.6 Å². The van der Waals surface area contributed by atoms with Crippen molar-refractivity contribution in [3.8, 4) is 0 Å². The summed E-state index contributed by atoms with van der Waals surface area (Å²) in [6.45, 7) is 5.03. The van der Waals surface area contributed by atoms with Gasteiger partial charge in [-0.1, -0.05) is 19.1 Å². The van der Waals surface area contributed by atoms with Gasteiger partial charge in [0.15, 0.2) is 5.58 Å².